The van der Waals surface area contributed by atoms with Crippen molar-refractivity contribution in [3.63, 3.8) is 0 Å². The Morgan fingerprint density at radius 2 is 1.97 bits per heavy atom. The zero-order valence-electron chi connectivity index (χ0n) is 17.3. The molecular weight excluding hydrogens is 378 g/mol. The number of likely N-dealkylation sites (tertiary alicyclic amines) is 1. The molecule has 1 aromatic heterocycles. The molecule has 0 atom stereocenters. The van der Waals surface area contributed by atoms with Gasteiger partial charge in [0.05, 0.1) is 17.3 Å². The monoisotopic (exact) mass is 403 g/mol. The molecule has 5 rings (SSSR count). The minimum Gasteiger partial charge on any atom is -0.455 e. The minimum absolute atomic E-state index is 0.0112. The number of amides is 1. The zero-order valence-corrected chi connectivity index (χ0v) is 17.3. The number of aromatic amines is 1. The van der Waals surface area contributed by atoms with Crippen LogP contribution in [0.15, 0.2) is 42.6 Å². The maximum absolute atomic E-state index is 13.0. The molecule has 0 bridgehead atoms. The first kappa shape index (κ1) is 18.9. The lowest BCUT2D eigenvalue weighted by Gasteiger charge is -2.43. The number of nitrogens with one attached hydrogen (secondary N) is 1. The second-order valence-corrected chi connectivity index (χ2v) is 8.78. The van der Waals surface area contributed by atoms with E-state index in [1.54, 1.807) is 6.20 Å². The SMILES string of the molecule is CC(C)c1ccc2c(c1)C(=O)OC1(CCN(C(=O)c3ccc4[nH]ncc4c3)CC1)C2. The molecule has 6 heteroatoms. The van der Waals surface area contributed by atoms with Crippen LogP contribution in [0.5, 0.6) is 0 Å². The molecule has 2 aliphatic heterocycles. The van der Waals surface area contributed by atoms with E-state index in [0.29, 0.717) is 43.0 Å². The van der Waals surface area contributed by atoms with Gasteiger partial charge in [0, 0.05) is 43.3 Å². The van der Waals surface area contributed by atoms with Gasteiger partial charge in [-0.3, -0.25) is 9.89 Å². The van der Waals surface area contributed by atoms with Crippen molar-refractivity contribution in [1.82, 2.24) is 15.1 Å². The molecule has 2 aromatic carbocycles. The van der Waals surface area contributed by atoms with Crippen LogP contribution in [-0.2, 0) is 11.2 Å². The summed E-state index contributed by atoms with van der Waals surface area (Å²) >= 11 is 0. The Morgan fingerprint density at radius 1 is 1.17 bits per heavy atom. The number of rotatable bonds is 2. The van der Waals surface area contributed by atoms with Crippen molar-refractivity contribution >= 4 is 22.8 Å². The summed E-state index contributed by atoms with van der Waals surface area (Å²) in [5.74, 6) is 0.149. The molecule has 154 valence electrons. The average Bonchev–Trinajstić information content (AvgIpc) is 3.21. The van der Waals surface area contributed by atoms with Gasteiger partial charge in [0.1, 0.15) is 5.60 Å². The summed E-state index contributed by atoms with van der Waals surface area (Å²) in [5.41, 5.74) is 3.97. The summed E-state index contributed by atoms with van der Waals surface area (Å²) in [4.78, 5) is 27.6. The van der Waals surface area contributed by atoms with E-state index in [9.17, 15) is 9.59 Å². The van der Waals surface area contributed by atoms with E-state index < -0.39 is 5.60 Å². The predicted octanol–water partition coefficient (Wildman–Crippen LogP) is 4.07. The highest BCUT2D eigenvalue weighted by atomic mass is 16.6. The van der Waals surface area contributed by atoms with Gasteiger partial charge in [0.25, 0.3) is 5.91 Å². The van der Waals surface area contributed by atoms with Crippen LogP contribution in [0.1, 0.15) is 64.4 Å². The van der Waals surface area contributed by atoms with E-state index in [1.807, 2.05) is 29.2 Å². The molecule has 1 fully saturated rings. The van der Waals surface area contributed by atoms with Crippen LogP contribution < -0.4 is 0 Å². The lowest BCUT2D eigenvalue weighted by atomic mass is 9.80. The van der Waals surface area contributed by atoms with Crippen LogP contribution in [-0.4, -0.2) is 45.7 Å². The number of fused-ring (bicyclic) bond motifs is 2. The van der Waals surface area contributed by atoms with Crippen molar-refractivity contribution in [1.29, 1.82) is 0 Å². The van der Waals surface area contributed by atoms with Crippen molar-refractivity contribution in [3.8, 4) is 0 Å². The molecule has 3 aromatic rings. The molecule has 1 spiro atoms. The first-order valence-corrected chi connectivity index (χ1v) is 10.5. The third-order valence-corrected chi connectivity index (χ3v) is 6.49. The van der Waals surface area contributed by atoms with Crippen molar-refractivity contribution in [2.45, 2.75) is 44.6 Å². The van der Waals surface area contributed by atoms with Crippen molar-refractivity contribution < 1.29 is 14.3 Å². The molecule has 0 unspecified atom stereocenters. The number of H-pyrrole nitrogens is 1. The van der Waals surface area contributed by atoms with E-state index >= 15 is 0 Å². The zero-order chi connectivity index (χ0) is 20.9. The Hall–Kier alpha value is -3.15. The molecule has 2 aliphatic rings. The smallest absolute Gasteiger partial charge is 0.338 e. The van der Waals surface area contributed by atoms with Gasteiger partial charge in [-0.25, -0.2) is 4.79 Å². The number of ether oxygens (including phenoxy) is 1. The molecule has 1 saturated heterocycles. The van der Waals surface area contributed by atoms with Gasteiger partial charge in [-0.15, -0.1) is 0 Å². The van der Waals surface area contributed by atoms with E-state index in [4.69, 9.17) is 4.74 Å². The van der Waals surface area contributed by atoms with Crippen LogP contribution in [0.4, 0.5) is 0 Å². The number of esters is 1. The topological polar surface area (TPSA) is 75.3 Å². The van der Waals surface area contributed by atoms with E-state index in [2.05, 4.69) is 36.2 Å². The molecule has 0 saturated carbocycles. The summed E-state index contributed by atoms with van der Waals surface area (Å²) < 4.78 is 5.97. The van der Waals surface area contributed by atoms with Crippen LogP contribution >= 0.6 is 0 Å². The number of aromatic nitrogens is 2. The number of carbonyl (C=O) groups excluding carboxylic acids is 2. The van der Waals surface area contributed by atoms with Gasteiger partial charge in [-0.1, -0.05) is 26.0 Å². The van der Waals surface area contributed by atoms with Crippen LogP contribution in [0, 0.1) is 0 Å². The van der Waals surface area contributed by atoms with E-state index in [0.717, 1.165) is 28.5 Å². The normalized spacial score (nSPS) is 18.0. The summed E-state index contributed by atoms with van der Waals surface area (Å²) in [6.07, 6.45) is 3.75. The Balaban J connectivity index is 1.31. The molecular formula is C24H25N3O3. The van der Waals surface area contributed by atoms with E-state index in [-0.39, 0.29) is 11.9 Å². The predicted molar refractivity (Wildman–Crippen MR) is 114 cm³/mol. The Bertz CT molecular complexity index is 1140. The lowest BCUT2D eigenvalue weighted by Crippen LogP contribution is -2.51. The molecule has 0 aliphatic carbocycles. The Labute approximate surface area is 175 Å². The van der Waals surface area contributed by atoms with E-state index in [1.165, 1.54) is 0 Å². The van der Waals surface area contributed by atoms with Crippen LogP contribution in [0.2, 0.25) is 0 Å². The first-order valence-electron chi connectivity index (χ1n) is 10.5. The highest BCUT2D eigenvalue weighted by molar-refractivity contribution is 5.98. The highest BCUT2D eigenvalue weighted by Gasteiger charge is 2.43. The van der Waals surface area contributed by atoms with Gasteiger partial charge in [-0.05, 0) is 41.3 Å². The Kier molecular flexibility index (Phi) is 4.38. The van der Waals surface area contributed by atoms with Gasteiger partial charge in [0.2, 0.25) is 0 Å². The second-order valence-electron chi connectivity index (χ2n) is 8.78. The van der Waals surface area contributed by atoms with Crippen LogP contribution in [0.25, 0.3) is 10.9 Å². The van der Waals surface area contributed by atoms with Gasteiger partial charge >= 0.3 is 5.97 Å². The second kappa shape index (κ2) is 6.97. The number of piperidine rings is 1. The third kappa shape index (κ3) is 3.16. The summed E-state index contributed by atoms with van der Waals surface area (Å²) in [5, 5.41) is 7.84. The van der Waals surface area contributed by atoms with Gasteiger partial charge in [0.15, 0.2) is 0 Å². The number of hydrogen-bond acceptors (Lipinski definition) is 4. The molecule has 6 nitrogen and oxygen atoms in total. The average molecular weight is 403 g/mol. The quantitative estimate of drug-likeness (QED) is 0.655. The molecule has 0 radical (unpaired) electrons. The molecule has 1 N–H and O–H groups in total. The standard InChI is InChI=1S/C24H25N3O3/c1-15(2)16-3-4-18-13-24(30-23(29)20(18)12-16)7-9-27(10-8-24)22(28)17-5-6-21-19(11-17)14-25-26-21/h3-6,11-12,14-15H,7-10,13H2,1-2H3,(H,25,26). The number of carbonyl (C=O) groups is 2. The largest absolute Gasteiger partial charge is 0.455 e. The Morgan fingerprint density at radius 3 is 2.73 bits per heavy atom. The summed E-state index contributed by atoms with van der Waals surface area (Å²) in [6, 6.07) is 11.7. The molecule has 3 heterocycles. The number of hydrogen-bond donors (Lipinski definition) is 1. The fourth-order valence-electron chi connectivity index (χ4n) is 4.59. The summed E-state index contributed by atoms with van der Waals surface area (Å²) in [6.45, 7) is 5.40. The maximum atomic E-state index is 13.0. The lowest BCUT2D eigenvalue weighted by molar-refractivity contribution is -0.0526. The van der Waals surface area contributed by atoms with Crippen LogP contribution in [0.3, 0.4) is 0 Å². The van der Waals surface area contributed by atoms with Gasteiger partial charge < -0.3 is 9.64 Å². The van der Waals surface area contributed by atoms with Crippen molar-refractivity contribution in [2.24, 2.45) is 0 Å². The highest BCUT2D eigenvalue weighted by Crippen LogP contribution is 2.37. The van der Waals surface area contributed by atoms with Gasteiger partial charge in [-0.2, -0.15) is 5.10 Å². The van der Waals surface area contributed by atoms with Crippen molar-refractivity contribution in [2.75, 3.05) is 13.1 Å². The van der Waals surface area contributed by atoms with Crippen molar-refractivity contribution in [3.05, 3.63) is 64.8 Å². The summed E-state index contributed by atoms with van der Waals surface area (Å²) in [7, 11) is 0. The molecule has 1 amide bonds. The maximum Gasteiger partial charge on any atom is 0.338 e. The number of nitrogens with zero attached hydrogens (tertiary/aromatic N) is 2. The third-order valence-electron chi connectivity index (χ3n) is 6.49. The minimum atomic E-state index is -0.505. The molecule has 30 heavy (non-hydrogen) atoms. The number of benzene rings is 2. The fraction of sp³-hybridized carbons (Fsp3) is 0.375. The first-order chi connectivity index (χ1) is 14.4. The fourth-order valence-corrected chi connectivity index (χ4v) is 4.59.